The molecule has 1 atom stereocenters. The summed E-state index contributed by atoms with van der Waals surface area (Å²) in [7, 11) is 1.86. The molecule has 1 N–H and O–H groups in total. The first-order chi connectivity index (χ1) is 7.70. The van der Waals surface area contributed by atoms with E-state index in [4.69, 9.17) is 4.52 Å². The summed E-state index contributed by atoms with van der Waals surface area (Å²) >= 11 is 3.38. The van der Waals surface area contributed by atoms with E-state index >= 15 is 0 Å². The van der Waals surface area contributed by atoms with Gasteiger partial charge in [0.25, 0.3) is 5.89 Å². The van der Waals surface area contributed by atoms with Crippen molar-refractivity contribution in [2.24, 2.45) is 0 Å². The minimum absolute atomic E-state index is 0.0907. The number of nitrogens with one attached hydrogen (secondary N) is 1. The van der Waals surface area contributed by atoms with Crippen molar-refractivity contribution in [3.8, 4) is 11.5 Å². The van der Waals surface area contributed by atoms with Crippen LogP contribution in [0.1, 0.15) is 18.8 Å². The SMILES string of the molecule is CNC(C)c1noc(-c2ccc(Br)cc2)n1. The van der Waals surface area contributed by atoms with Crippen LogP contribution in [0.2, 0.25) is 0 Å². The largest absolute Gasteiger partial charge is 0.334 e. The lowest BCUT2D eigenvalue weighted by Gasteiger charge is -2.01. The van der Waals surface area contributed by atoms with Gasteiger partial charge in [-0.25, -0.2) is 0 Å². The number of hydrogen-bond acceptors (Lipinski definition) is 4. The Labute approximate surface area is 102 Å². The van der Waals surface area contributed by atoms with Crippen LogP contribution in [0, 0.1) is 0 Å². The van der Waals surface area contributed by atoms with Crippen molar-refractivity contribution in [1.82, 2.24) is 15.5 Å². The summed E-state index contributed by atoms with van der Waals surface area (Å²) in [5, 5.41) is 6.99. The van der Waals surface area contributed by atoms with E-state index < -0.39 is 0 Å². The fourth-order valence-corrected chi connectivity index (χ4v) is 1.51. The summed E-state index contributed by atoms with van der Waals surface area (Å²) in [6, 6.07) is 7.85. The van der Waals surface area contributed by atoms with Crippen LogP contribution in [0.15, 0.2) is 33.3 Å². The molecule has 0 aliphatic heterocycles. The lowest BCUT2D eigenvalue weighted by atomic mass is 10.2. The van der Waals surface area contributed by atoms with Gasteiger partial charge in [0.2, 0.25) is 0 Å². The van der Waals surface area contributed by atoms with Crippen LogP contribution in [0.3, 0.4) is 0 Å². The summed E-state index contributed by atoms with van der Waals surface area (Å²) < 4.78 is 6.22. The zero-order chi connectivity index (χ0) is 11.5. The second-order valence-electron chi connectivity index (χ2n) is 3.47. The van der Waals surface area contributed by atoms with E-state index in [1.807, 2.05) is 38.2 Å². The van der Waals surface area contributed by atoms with Gasteiger partial charge in [-0.15, -0.1) is 0 Å². The van der Waals surface area contributed by atoms with Gasteiger partial charge < -0.3 is 9.84 Å². The van der Waals surface area contributed by atoms with E-state index in [0.717, 1.165) is 10.0 Å². The van der Waals surface area contributed by atoms with Crippen LogP contribution in [-0.4, -0.2) is 17.2 Å². The molecule has 0 saturated carbocycles. The van der Waals surface area contributed by atoms with Crippen LogP contribution in [-0.2, 0) is 0 Å². The zero-order valence-electron chi connectivity index (χ0n) is 9.07. The maximum atomic E-state index is 5.20. The molecule has 1 aromatic heterocycles. The Kier molecular flexibility index (Phi) is 3.36. The highest BCUT2D eigenvalue weighted by atomic mass is 79.9. The van der Waals surface area contributed by atoms with Crippen molar-refractivity contribution in [2.75, 3.05) is 7.05 Å². The van der Waals surface area contributed by atoms with E-state index in [1.165, 1.54) is 0 Å². The first kappa shape index (κ1) is 11.3. The Bertz CT molecular complexity index is 466. The lowest BCUT2D eigenvalue weighted by molar-refractivity contribution is 0.413. The van der Waals surface area contributed by atoms with Crippen molar-refractivity contribution < 1.29 is 4.52 Å². The molecule has 0 fully saturated rings. The normalized spacial score (nSPS) is 12.7. The van der Waals surface area contributed by atoms with Gasteiger partial charge in [-0.05, 0) is 38.2 Å². The fourth-order valence-electron chi connectivity index (χ4n) is 1.25. The molecule has 84 valence electrons. The van der Waals surface area contributed by atoms with Crippen molar-refractivity contribution >= 4 is 15.9 Å². The van der Waals surface area contributed by atoms with Crippen LogP contribution < -0.4 is 5.32 Å². The van der Waals surface area contributed by atoms with Crippen LogP contribution in [0.4, 0.5) is 0 Å². The highest BCUT2D eigenvalue weighted by molar-refractivity contribution is 9.10. The van der Waals surface area contributed by atoms with Gasteiger partial charge in [0.15, 0.2) is 5.82 Å². The first-order valence-electron chi connectivity index (χ1n) is 4.97. The summed E-state index contributed by atoms with van der Waals surface area (Å²) in [4.78, 5) is 4.33. The van der Waals surface area contributed by atoms with Crippen molar-refractivity contribution in [3.63, 3.8) is 0 Å². The zero-order valence-corrected chi connectivity index (χ0v) is 10.7. The van der Waals surface area contributed by atoms with E-state index in [1.54, 1.807) is 0 Å². The van der Waals surface area contributed by atoms with Gasteiger partial charge in [-0.1, -0.05) is 21.1 Å². The Morgan fingerprint density at radius 3 is 2.62 bits per heavy atom. The second kappa shape index (κ2) is 4.76. The van der Waals surface area contributed by atoms with Crippen LogP contribution in [0.5, 0.6) is 0 Å². The van der Waals surface area contributed by atoms with Gasteiger partial charge in [0.05, 0.1) is 6.04 Å². The molecule has 2 aromatic rings. The summed E-state index contributed by atoms with van der Waals surface area (Å²) in [5.41, 5.74) is 0.922. The monoisotopic (exact) mass is 281 g/mol. The van der Waals surface area contributed by atoms with E-state index in [-0.39, 0.29) is 6.04 Å². The van der Waals surface area contributed by atoms with Gasteiger partial charge in [-0.3, -0.25) is 0 Å². The molecule has 16 heavy (non-hydrogen) atoms. The predicted molar refractivity (Wildman–Crippen MR) is 64.9 cm³/mol. The highest BCUT2D eigenvalue weighted by Crippen LogP contribution is 2.21. The molecular formula is C11H12BrN3O. The third kappa shape index (κ3) is 2.31. The highest BCUT2D eigenvalue weighted by Gasteiger charge is 2.12. The topological polar surface area (TPSA) is 51.0 Å². The summed E-state index contributed by atoms with van der Waals surface area (Å²) in [6.07, 6.45) is 0. The minimum Gasteiger partial charge on any atom is -0.334 e. The van der Waals surface area contributed by atoms with Gasteiger partial charge >= 0.3 is 0 Å². The van der Waals surface area contributed by atoms with E-state index in [2.05, 4.69) is 31.4 Å². The number of aromatic nitrogens is 2. The Morgan fingerprint density at radius 2 is 2.00 bits per heavy atom. The molecular weight excluding hydrogens is 270 g/mol. The summed E-state index contributed by atoms with van der Waals surface area (Å²) in [5.74, 6) is 1.21. The number of rotatable bonds is 3. The molecule has 0 bridgehead atoms. The van der Waals surface area contributed by atoms with E-state index in [9.17, 15) is 0 Å². The average Bonchev–Trinajstić information content (AvgIpc) is 2.78. The molecule has 0 spiro atoms. The predicted octanol–water partition coefficient (Wildman–Crippen LogP) is 2.78. The molecule has 0 saturated heterocycles. The third-order valence-corrected chi connectivity index (χ3v) is 2.88. The molecule has 2 rings (SSSR count). The summed E-state index contributed by atoms with van der Waals surface area (Å²) in [6.45, 7) is 1.98. The maximum absolute atomic E-state index is 5.20. The lowest BCUT2D eigenvalue weighted by Crippen LogP contribution is -2.13. The standard InChI is InChI=1S/C11H12BrN3O/c1-7(13-2)10-14-11(16-15-10)8-3-5-9(12)6-4-8/h3-7,13H,1-2H3. The van der Waals surface area contributed by atoms with Crippen molar-refractivity contribution in [3.05, 3.63) is 34.6 Å². The van der Waals surface area contributed by atoms with Crippen LogP contribution >= 0.6 is 15.9 Å². The number of halogens is 1. The molecule has 1 heterocycles. The maximum Gasteiger partial charge on any atom is 0.257 e. The second-order valence-corrected chi connectivity index (χ2v) is 4.39. The van der Waals surface area contributed by atoms with Crippen molar-refractivity contribution in [1.29, 1.82) is 0 Å². The van der Waals surface area contributed by atoms with Crippen molar-refractivity contribution in [2.45, 2.75) is 13.0 Å². The number of hydrogen-bond donors (Lipinski definition) is 1. The Hall–Kier alpha value is -1.20. The molecule has 0 aliphatic carbocycles. The molecule has 0 radical (unpaired) electrons. The number of benzene rings is 1. The molecule has 0 amide bonds. The molecule has 1 aromatic carbocycles. The Balaban J connectivity index is 2.28. The Morgan fingerprint density at radius 1 is 1.31 bits per heavy atom. The first-order valence-corrected chi connectivity index (χ1v) is 5.77. The third-order valence-electron chi connectivity index (χ3n) is 2.35. The van der Waals surface area contributed by atoms with Gasteiger partial charge in [0, 0.05) is 10.0 Å². The van der Waals surface area contributed by atoms with Crippen LogP contribution in [0.25, 0.3) is 11.5 Å². The molecule has 5 heteroatoms. The molecule has 0 aliphatic rings. The minimum atomic E-state index is 0.0907. The molecule has 4 nitrogen and oxygen atoms in total. The smallest absolute Gasteiger partial charge is 0.257 e. The van der Waals surface area contributed by atoms with Gasteiger partial charge in [-0.2, -0.15) is 4.98 Å². The molecule has 1 unspecified atom stereocenters. The average molecular weight is 282 g/mol. The van der Waals surface area contributed by atoms with Gasteiger partial charge in [0.1, 0.15) is 0 Å². The quantitative estimate of drug-likeness (QED) is 0.940. The fraction of sp³-hybridized carbons (Fsp3) is 0.273. The van der Waals surface area contributed by atoms with E-state index in [0.29, 0.717) is 11.7 Å². The number of nitrogens with zero attached hydrogens (tertiary/aromatic N) is 2.